The van der Waals surface area contributed by atoms with Gasteiger partial charge in [0.2, 0.25) is 35.4 Å². The maximum absolute atomic E-state index is 13.6. The monoisotopic (exact) mass is 1190 g/mol. The lowest BCUT2D eigenvalue weighted by molar-refractivity contribution is -0.272. The van der Waals surface area contributed by atoms with Crippen LogP contribution < -0.4 is 42.5 Å². The first kappa shape index (κ1) is 72.2. The highest BCUT2D eigenvalue weighted by Crippen LogP contribution is 2.25. The third-order valence-electron chi connectivity index (χ3n) is 12.9. The minimum absolute atomic E-state index is 0.000936. The van der Waals surface area contributed by atoms with Crippen molar-refractivity contribution in [2.45, 2.75) is 177 Å². The number of hydrogen-bond acceptors (Lipinski definition) is 27. The highest BCUT2D eigenvalue weighted by Gasteiger charge is 2.48. The molecule has 6 amide bonds. The number of ether oxygens (including phenoxy) is 9. The molecule has 0 saturated carbocycles. The lowest BCUT2D eigenvalue weighted by Crippen LogP contribution is -2.64. The van der Waals surface area contributed by atoms with Gasteiger partial charge in [0.25, 0.3) is 0 Å². The van der Waals surface area contributed by atoms with Gasteiger partial charge in [-0.3, -0.25) is 34.1 Å². The lowest BCUT2D eigenvalue weighted by atomic mass is 9.97. The van der Waals surface area contributed by atoms with Gasteiger partial charge in [-0.25, -0.2) is 0 Å². The standard InChI is InChI=1S/C49H90N8O25/c1-25(2)53-29(45(72)51-11-14-75-17-20-78-48-37(55-27(4)62)43(70)40(67)32(23-59)81-48)7-9-35(65)57-30(46(73)52-12-15-76-18-21-79-49-38(56-28(5)63)44(71)41(68)33(24-60)82-49)6-8-34(64)50-10-13-74-16-19-77-47-36(54-26(3)61)42(69)39(66)31(22-58)80-47/h25,29-33,35-44,47-49,53,57-60,65-71H,6-24H2,1-5H3,(H,50,64)(H,51,72)(H,52,73)(H,54,61)(H,55,62)(H,56,63)/t29?,30?,31-,32-,33-,35?,36-,37-,38-,39+,40+,41+,42-,43-,44-,47-,48-,49-/m1/s1. The van der Waals surface area contributed by atoms with Gasteiger partial charge in [0.15, 0.2) is 18.9 Å². The summed E-state index contributed by atoms with van der Waals surface area (Å²) in [5.41, 5.74) is 0. The average Bonchev–Trinajstić information content (AvgIpc) is 3.51. The highest BCUT2D eigenvalue weighted by molar-refractivity contribution is 5.83. The van der Waals surface area contributed by atoms with Crippen molar-refractivity contribution in [2.24, 2.45) is 0 Å². The number of amides is 6. The molecule has 3 aliphatic rings. The van der Waals surface area contributed by atoms with Gasteiger partial charge >= 0.3 is 0 Å². The Kier molecular flexibility index (Phi) is 34.2. The van der Waals surface area contributed by atoms with Crippen LogP contribution in [0.5, 0.6) is 0 Å². The summed E-state index contributed by atoms with van der Waals surface area (Å²) in [6, 6.07) is -5.53. The van der Waals surface area contributed by atoms with Gasteiger partial charge in [-0.15, -0.1) is 0 Å². The number of aliphatic hydroxyl groups is 10. The quantitative estimate of drug-likeness (QED) is 0.0201. The van der Waals surface area contributed by atoms with Gasteiger partial charge in [0, 0.05) is 52.9 Å². The van der Waals surface area contributed by atoms with Crippen LogP contribution in [0.1, 0.15) is 60.3 Å². The molecule has 0 radical (unpaired) electrons. The molecular weight excluding hydrogens is 1100 g/mol. The Morgan fingerprint density at radius 2 is 0.793 bits per heavy atom. The van der Waals surface area contributed by atoms with Gasteiger partial charge in [0.05, 0.1) is 91.4 Å². The van der Waals surface area contributed by atoms with E-state index in [1.807, 2.05) is 13.8 Å². The molecule has 3 saturated heterocycles. The summed E-state index contributed by atoms with van der Waals surface area (Å²) in [4.78, 5) is 75.0. The summed E-state index contributed by atoms with van der Waals surface area (Å²) in [5.74, 6) is -3.05. The first-order valence-electron chi connectivity index (χ1n) is 27.3. The molecule has 3 heterocycles. The van der Waals surface area contributed by atoms with E-state index in [-0.39, 0.29) is 111 Å². The molecule has 0 bridgehead atoms. The van der Waals surface area contributed by atoms with E-state index in [0.29, 0.717) is 0 Å². The van der Waals surface area contributed by atoms with Crippen LogP contribution in [0.15, 0.2) is 0 Å². The van der Waals surface area contributed by atoms with E-state index in [0.717, 1.165) is 0 Å². The zero-order valence-electron chi connectivity index (χ0n) is 47.0. The molecule has 3 fully saturated rings. The molecule has 0 spiro atoms. The molecule has 0 aromatic heterocycles. The van der Waals surface area contributed by atoms with Gasteiger partial charge in [0.1, 0.15) is 79.3 Å². The van der Waals surface area contributed by atoms with Crippen molar-refractivity contribution >= 4 is 35.4 Å². The van der Waals surface area contributed by atoms with Crippen LogP contribution in [0.4, 0.5) is 0 Å². The third kappa shape index (κ3) is 25.3. The SMILES string of the molecule is CC(=O)N[C@H]1[C@H](OCCOCCNC(=O)CCC(NC(O)CCC(NC(C)C)C(=O)NCCOCCO[C@@H]2O[C@H](CO)[C@H](O)[C@H](O)[C@H]2NC(C)=O)C(=O)NCCOCCO[C@@H]2O[C@H](CO)[C@H](O)[C@H](O)[C@H]2NC(C)=O)O[C@H](CO)[C@H](O)[C@@H]1O. The van der Waals surface area contributed by atoms with Crippen molar-refractivity contribution < 1.29 is 122 Å². The van der Waals surface area contributed by atoms with Crippen molar-refractivity contribution in [2.75, 3.05) is 98.9 Å². The Hall–Kier alpha value is -4.02. The largest absolute Gasteiger partial charge is 0.394 e. The van der Waals surface area contributed by atoms with E-state index < -0.39 is 166 Å². The van der Waals surface area contributed by atoms with Crippen LogP contribution in [-0.2, 0) is 71.4 Å². The molecule has 33 heteroatoms. The molecule has 82 heavy (non-hydrogen) atoms. The minimum atomic E-state index is -1.51. The molecule has 33 nitrogen and oxygen atoms in total. The van der Waals surface area contributed by atoms with E-state index >= 15 is 0 Å². The van der Waals surface area contributed by atoms with Crippen molar-refractivity contribution in [3.63, 3.8) is 0 Å². The zero-order chi connectivity index (χ0) is 60.9. The zero-order valence-corrected chi connectivity index (χ0v) is 47.0. The third-order valence-corrected chi connectivity index (χ3v) is 12.9. The number of nitrogens with one attached hydrogen (secondary N) is 8. The summed E-state index contributed by atoms with van der Waals surface area (Å²) < 4.78 is 50.1. The van der Waals surface area contributed by atoms with Crippen LogP contribution in [0, 0.1) is 0 Å². The Morgan fingerprint density at radius 1 is 0.451 bits per heavy atom. The van der Waals surface area contributed by atoms with Crippen molar-refractivity contribution in [3.8, 4) is 0 Å². The fraction of sp³-hybridized carbons (Fsp3) is 0.878. The van der Waals surface area contributed by atoms with Crippen LogP contribution in [0.3, 0.4) is 0 Å². The first-order chi connectivity index (χ1) is 39.0. The van der Waals surface area contributed by atoms with Gasteiger partial charge < -0.3 is 131 Å². The normalized spacial score (nSPS) is 29.5. The van der Waals surface area contributed by atoms with E-state index in [4.69, 9.17) is 42.6 Å². The van der Waals surface area contributed by atoms with E-state index in [1.165, 1.54) is 20.8 Å². The first-order valence-corrected chi connectivity index (χ1v) is 27.3. The number of rotatable bonds is 39. The van der Waals surface area contributed by atoms with Crippen LogP contribution >= 0.6 is 0 Å². The van der Waals surface area contributed by atoms with Crippen LogP contribution in [-0.4, -0.2) is 302 Å². The maximum atomic E-state index is 13.6. The fourth-order valence-corrected chi connectivity index (χ4v) is 8.80. The van der Waals surface area contributed by atoms with E-state index in [1.54, 1.807) is 0 Å². The van der Waals surface area contributed by atoms with Gasteiger partial charge in [-0.1, -0.05) is 13.8 Å². The molecule has 3 rings (SSSR count). The van der Waals surface area contributed by atoms with Crippen molar-refractivity contribution in [1.29, 1.82) is 0 Å². The molecule has 18 atom stereocenters. The molecular formula is C49H90N8O25. The topological polar surface area (TPSA) is 484 Å². The summed E-state index contributed by atoms with van der Waals surface area (Å²) >= 11 is 0. The number of hydrogen-bond donors (Lipinski definition) is 18. The molecule has 0 aliphatic carbocycles. The smallest absolute Gasteiger partial charge is 0.237 e. The Labute approximate surface area is 475 Å². The maximum Gasteiger partial charge on any atom is 0.237 e. The Morgan fingerprint density at radius 3 is 1.12 bits per heavy atom. The van der Waals surface area contributed by atoms with Crippen molar-refractivity contribution in [3.05, 3.63) is 0 Å². The summed E-state index contributed by atoms with van der Waals surface area (Å²) in [6.45, 7) is 5.13. The molecule has 476 valence electrons. The molecule has 0 aromatic carbocycles. The molecule has 18 N–H and O–H groups in total. The predicted molar refractivity (Wildman–Crippen MR) is 279 cm³/mol. The van der Waals surface area contributed by atoms with E-state index in [2.05, 4.69) is 42.5 Å². The second-order valence-corrected chi connectivity index (χ2v) is 19.9. The molecule has 0 aromatic rings. The predicted octanol–water partition coefficient (Wildman–Crippen LogP) is -9.53. The number of carbonyl (C=O) groups excluding carboxylic acids is 6. The van der Waals surface area contributed by atoms with Crippen LogP contribution in [0.25, 0.3) is 0 Å². The van der Waals surface area contributed by atoms with E-state index in [9.17, 15) is 79.8 Å². The van der Waals surface area contributed by atoms with Gasteiger partial charge in [-0.05, 0) is 19.3 Å². The second kappa shape index (κ2) is 38.8. The minimum Gasteiger partial charge on any atom is -0.394 e. The Bertz CT molecular complexity index is 1890. The summed E-state index contributed by atoms with van der Waals surface area (Å²) in [7, 11) is 0. The second-order valence-electron chi connectivity index (χ2n) is 19.9. The fourth-order valence-electron chi connectivity index (χ4n) is 8.80. The highest BCUT2D eigenvalue weighted by atomic mass is 16.7. The summed E-state index contributed by atoms with van der Waals surface area (Å²) in [5, 5.41) is 123. The summed E-state index contributed by atoms with van der Waals surface area (Å²) in [6.07, 6.45) is -17.7. The Balaban J connectivity index is 1.51. The van der Waals surface area contributed by atoms with Crippen LogP contribution in [0.2, 0.25) is 0 Å². The number of aliphatic hydroxyl groups excluding tert-OH is 10. The molecule has 3 unspecified atom stereocenters. The lowest BCUT2D eigenvalue weighted by Gasteiger charge is -2.42. The van der Waals surface area contributed by atoms with Gasteiger partial charge in [-0.2, -0.15) is 0 Å². The van der Waals surface area contributed by atoms with Crippen molar-refractivity contribution in [1.82, 2.24) is 42.5 Å². The molecule has 3 aliphatic heterocycles. The average molecular weight is 1190 g/mol. The number of carbonyl (C=O) groups is 6.